The fourth-order valence-corrected chi connectivity index (χ4v) is 5.50. The first-order valence-electron chi connectivity index (χ1n) is 12.0. The van der Waals surface area contributed by atoms with Gasteiger partial charge in [0.05, 0.1) is 19.8 Å². The van der Waals surface area contributed by atoms with Crippen molar-refractivity contribution in [2.24, 2.45) is 0 Å². The molecule has 3 atom stereocenters. The Hall–Kier alpha value is -1.46. The normalized spacial score (nSPS) is 22.1. The first-order valence-corrected chi connectivity index (χ1v) is 17.8. The molecule has 0 saturated carbocycles. The van der Waals surface area contributed by atoms with Gasteiger partial charge in [-0.15, -0.1) is 0 Å². The highest BCUT2D eigenvalue weighted by Crippen LogP contribution is 2.42. The minimum absolute atomic E-state index is 0.0213. The molecular weight excluding hydrogens is 464 g/mol. The molecule has 0 fully saturated rings. The maximum Gasteiger partial charge on any atom is 0.373 e. The number of hydrogen-bond acceptors (Lipinski definition) is 6. The number of ether oxygens (including phenoxy) is 3. The van der Waals surface area contributed by atoms with Crippen molar-refractivity contribution in [3.8, 4) is 0 Å². The molecule has 1 aromatic rings. The number of esters is 1. The smallest absolute Gasteiger partial charge is 0.373 e. The second kappa shape index (κ2) is 10.7. The summed E-state index contributed by atoms with van der Waals surface area (Å²) in [5.41, 5.74) is 1.01. The highest BCUT2D eigenvalue weighted by Gasteiger charge is 2.49. The minimum Gasteiger partial charge on any atom is -0.463 e. The van der Waals surface area contributed by atoms with Crippen molar-refractivity contribution in [1.29, 1.82) is 0 Å². The zero-order valence-corrected chi connectivity index (χ0v) is 24.9. The average molecular weight is 509 g/mol. The monoisotopic (exact) mass is 508 g/mol. The summed E-state index contributed by atoms with van der Waals surface area (Å²) in [6, 6.07) is 9.88. The van der Waals surface area contributed by atoms with Crippen molar-refractivity contribution in [2.45, 2.75) is 103 Å². The van der Waals surface area contributed by atoms with Gasteiger partial charge in [0, 0.05) is 0 Å². The molecule has 6 nitrogen and oxygen atoms in total. The van der Waals surface area contributed by atoms with E-state index in [9.17, 15) is 4.79 Å². The Morgan fingerprint density at radius 3 is 1.94 bits per heavy atom. The average Bonchev–Trinajstić information content (AvgIpc) is 2.72. The van der Waals surface area contributed by atoms with E-state index in [0.29, 0.717) is 6.61 Å². The van der Waals surface area contributed by atoms with Crippen LogP contribution < -0.4 is 0 Å². The predicted molar refractivity (Wildman–Crippen MR) is 140 cm³/mol. The van der Waals surface area contributed by atoms with Crippen LogP contribution in [0.15, 0.2) is 42.2 Å². The van der Waals surface area contributed by atoms with Crippen LogP contribution in [0.3, 0.4) is 0 Å². The molecule has 0 radical (unpaired) electrons. The van der Waals surface area contributed by atoms with E-state index in [1.807, 2.05) is 30.3 Å². The zero-order chi connectivity index (χ0) is 25.9. The van der Waals surface area contributed by atoms with Gasteiger partial charge in [-0.3, -0.25) is 0 Å². The lowest BCUT2D eigenvalue weighted by atomic mass is 10.1. The Morgan fingerprint density at radius 1 is 0.912 bits per heavy atom. The lowest BCUT2D eigenvalue weighted by molar-refractivity contribution is -0.206. The number of carbonyl (C=O) groups is 1. The van der Waals surface area contributed by atoms with Crippen LogP contribution in [0.1, 0.15) is 47.1 Å². The molecular formula is C26H44O6Si2. The first-order chi connectivity index (χ1) is 15.5. The molecule has 0 amide bonds. The molecule has 0 N–H and O–H groups in total. The molecule has 0 aliphatic carbocycles. The van der Waals surface area contributed by atoms with E-state index < -0.39 is 41.1 Å². The van der Waals surface area contributed by atoms with Crippen LogP contribution >= 0.6 is 0 Å². The Kier molecular flexibility index (Phi) is 9.02. The van der Waals surface area contributed by atoms with E-state index in [4.69, 9.17) is 23.1 Å². The van der Waals surface area contributed by atoms with Gasteiger partial charge < -0.3 is 23.1 Å². The molecule has 1 aromatic carbocycles. The molecule has 2 rings (SSSR count). The van der Waals surface area contributed by atoms with Gasteiger partial charge in [0.1, 0.15) is 6.10 Å². The fraction of sp³-hybridized carbons (Fsp3) is 0.654. The standard InChI is InChI=1S/C26H44O6Si2/c1-25(2,3)33(8,9)31-20-17-21(23(27)28-7)30-24(29-18-19-15-13-12-14-16-19)22(20)32-34(10,11)26(4,5)6/h12-17,20,22,24H,18H2,1-11H3/t20-,22+,24+/m0/s1. The molecule has 192 valence electrons. The summed E-state index contributed by atoms with van der Waals surface area (Å²) >= 11 is 0. The number of carbonyl (C=O) groups excluding carboxylic acids is 1. The molecule has 34 heavy (non-hydrogen) atoms. The number of rotatable bonds is 8. The summed E-state index contributed by atoms with van der Waals surface area (Å²) < 4.78 is 31.0. The largest absolute Gasteiger partial charge is 0.463 e. The quantitative estimate of drug-likeness (QED) is 0.299. The molecule has 1 heterocycles. The third-order valence-electron chi connectivity index (χ3n) is 7.27. The molecule has 0 unspecified atom stereocenters. The highest BCUT2D eigenvalue weighted by atomic mass is 28.4. The first kappa shape index (κ1) is 28.8. The molecule has 0 saturated heterocycles. The van der Waals surface area contributed by atoms with Crippen LogP contribution in [0.25, 0.3) is 0 Å². The maximum atomic E-state index is 12.5. The van der Waals surface area contributed by atoms with Gasteiger partial charge in [0.25, 0.3) is 0 Å². The van der Waals surface area contributed by atoms with Crippen molar-refractivity contribution in [3.05, 3.63) is 47.7 Å². The Balaban J connectivity index is 2.49. The Bertz CT molecular complexity index is 852. The molecule has 0 bridgehead atoms. The van der Waals surface area contributed by atoms with E-state index in [0.717, 1.165) is 5.56 Å². The summed E-state index contributed by atoms with van der Waals surface area (Å²) in [6.45, 7) is 22.3. The molecule has 1 aliphatic heterocycles. The van der Waals surface area contributed by atoms with Gasteiger partial charge in [-0.25, -0.2) is 4.79 Å². The number of methoxy groups -OCH3 is 1. The fourth-order valence-electron chi connectivity index (χ4n) is 2.99. The van der Waals surface area contributed by atoms with Gasteiger partial charge in [-0.2, -0.15) is 0 Å². The number of benzene rings is 1. The maximum absolute atomic E-state index is 12.5. The SMILES string of the molecule is COC(=O)C1=C[C@H](O[Si](C)(C)C(C)(C)C)[C@@H](O[Si](C)(C)C(C)(C)C)[C@H](OCc2ccccc2)O1. The van der Waals surface area contributed by atoms with Gasteiger partial charge in [0.15, 0.2) is 16.6 Å². The van der Waals surface area contributed by atoms with Crippen LogP contribution in [0.5, 0.6) is 0 Å². The van der Waals surface area contributed by atoms with Gasteiger partial charge in [-0.1, -0.05) is 71.9 Å². The summed E-state index contributed by atoms with van der Waals surface area (Å²) in [6.07, 6.45) is -0.124. The molecule has 8 heteroatoms. The van der Waals surface area contributed by atoms with E-state index in [1.54, 1.807) is 6.08 Å². The van der Waals surface area contributed by atoms with E-state index in [-0.39, 0.29) is 15.8 Å². The van der Waals surface area contributed by atoms with Crippen molar-refractivity contribution in [1.82, 2.24) is 0 Å². The minimum atomic E-state index is -2.23. The topological polar surface area (TPSA) is 63.2 Å². The van der Waals surface area contributed by atoms with E-state index >= 15 is 0 Å². The lowest BCUT2D eigenvalue weighted by Gasteiger charge is -2.47. The van der Waals surface area contributed by atoms with Gasteiger partial charge in [-0.05, 0) is 47.9 Å². The van der Waals surface area contributed by atoms with Crippen LogP contribution in [-0.2, 0) is 34.5 Å². The van der Waals surface area contributed by atoms with Crippen LogP contribution in [0, 0.1) is 0 Å². The van der Waals surface area contributed by atoms with Crippen molar-refractivity contribution in [2.75, 3.05) is 7.11 Å². The second-order valence-corrected chi connectivity index (χ2v) is 21.5. The highest BCUT2D eigenvalue weighted by molar-refractivity contribution is 6.74. The van der Waals surface area contributed by atoms with E-state index in [2.05, 4.69) is 67.7 Å². The van der Waals surface area contributed by atoms with Crippen molar-refractivity contribution >= 4 is 22.6 Å². The summed E-state index contributed by atoms with van der Waals surface area (Å²) in [7, 11) is -3.11. The third-order valence-corrected chi connectivity index (χ3v) is 16.2. The summed E-state index contributed by atoms with van der Waals surface area (Å²) in [5.74, 6) is -0.456. The van der Waals surface area contributed by atoms with Crippen LogP contribution in [0.4, 0.5) is 0 Å². The summed E-state index contributed by atoms with van der Waals surface area (Å²) in [4.78, 5) is 12.5. The lowest BCUT2D eigenvalue weighted by Crippen LogP contribution is -2.57. The van der Waals surface area contributed by atoms with Gasteiger partial charge >= 0.3 is 5.97 Å². The van der Waals surface area contributed by atoms with E-state index in [1.165, 1.54) is 7.11 Å². The van der Waals surface area contributed by atoms with Crippen LogP contribution in [0.2, 0.25) is 36.3 Å². The molecule has 1 aliphatic rings. The van der Waals surface area contributed by atoms with Crippen molar-refractivity contribution < 1.29 is 27.9 Å². The van der Waals surface area contributed by atoms with Crippen molar-refractivity contribution in [3.63, 3.8) is 0 Å². The van der Waals surface area contributed by atoms with Crippen LogP contribution in [-0.4, -0.2) is 48.2 Å². The zero-order valence-electron chi connectivity index (χ0n) is 22.9. The molecule has 0 aromatic heterocycles. The Morgan fingerprint density at radius 2 is 1.44 bits per heavy atom. The second-order valence-electron chi connectivity index (χ2n) is 12.0. The Labute approximate surface area is 208 Å². The summed E-state index contributed by atoms with van der Waals surface area (Å²) in [5, 5.41) is -0.0443. The van der Waals surface area contributed by atoms with Gasteiger partial charge in [0.2, 0.25) is 12.0 Å². The third kappa shape index (κ3) is 7.04. The number of hydrogen-bond donors (Lipinski definition) is 0. The molecule has 0 spiro atoms. The predicted octanol–water partition coefficient (Wildman–Crippen LogP) is 6.40.